The van der Waals surface area contributed by atoms with Crippen molar-refractivity contribution in [1.82, 2.24) is 10.4 Å². The van der Waals surface area contributed by atoms with E-state index in [2.05, 4.69) is 10.4 Å². The van der Waals surface area contributed by atoms with Crippen molar-refractivity contribution in [3.63, 3.8) is 0 Å². The molecule has 1 aromatic heterocycles. The summed E-state index contributed by atoms with van der Waals surface area (Å²) in [6.45, 7) is 0. The minimum absolute atomic E-state index is 0.100. The highest BCUT2D eigenvalue weighted by Gasteiger charge is 2.33. The summed E-state index contributed by atoms with van der Waals surface area (Å²) in [6.07, 6.45) is 1.84. The van der Waals surface area contributed by atoms with Crippen LogP contribution in [0.15, 0.2) is 30.5 Å². The average molecular weight is 234 g/mol. The number of aromatic nitrogens is 1. The number of rotatable bonds is 4. The van der Waals surface area contributed by atoms with E-state index in [1.807, 2.05) is 24.3 Å². The lowest BCUT2D eigenvalue weighted by atomic mass is 10.0. The molecule has 0 aliphatic carbocycles. The molecule has 1 atom stereocenters. The van der Waals surface area contributed by atoms with Gasteiger partial charge in [0.15, 0.2) is 5.66 Å². The zero-order chi connectivity index (χ0) is 12.5. The van der Waals surface area contributed by atoms with Crippen molar-refractivity contribution in [2.75, 3.05) is 0 Å². The maximum atomic E-state index is 11.0. The highest BCUT2D eigenvalue weighted by molar-refractivity contribution is 5.85. The summed E-state index contributed by atoms with van der Waals surface area (Å²) in [5, 5.41) is 9.97. The topological polar surface area (TPSA) is 117 Å². The van der Waals surface area contributed by atoms with Gasteiger partial charge < -0.3 is 15.8 Å². The highest BCUT2D eigenvalue weighted by atomic mass is 16.4. The minimum Gasteiger partial charge on any atom is -0.479 e. The predicted octanol–water partition coefficient (Wildman–Crippen LogP) is -0.0867. The monoisotopic (exact) mass is 234 g/mol. The number of aliphatic carboxylic acids is 1. The van der Waals surface area contributed by atoms with E-state index < -0.39 is 11.6 Å². The summed E-state index contributed by atoms with van der Waals surface area (Å²) >= 11 is 0. The summed E-state index contributed by atoms with van der Waals surface area (Å²) in [7, 11) is 0. The second-order valence-corrected chi connectivity index (χ2v) is 3.96. The Morgan fingerprint density at radius 2 is 2.18 bits per heavy atom. The van der Waals surface area contributed by atoms with Crippen molar-refractivity contribution < 1.29 is 9.90 Å². The van der Waals surface area contributed by atoms with Crippen LogP contribution in [0.4, 0.5) is 0 Å². The normalized spacial score (nSPS) is 14.7. The van der Waals surface area contributed by atoms with Crippen LogP contribution in [0, 0.1) is 0 Å². The number of carbonyl (C=O) groups is 1. The Balaban J connectivity index is 2.38. The van der Waals surface area contributed by atoms with Gasteiger partial charge in [0.25, 0.3) is 0 Å². The van der Waals surface area contributed by atoms with Crippen LogP contribution in [-0.2, 0) is 11.2 Å². The smallest absolute Gasteiger partial charge is 0.340 e. The summed E-state index contributed by atoms with van der Waals surface area (Å²) in [4.78, 5) is 14.1. The molecule has 0 amide bonds. The molecule has 0 saturated heterocycles. The van der Waals surface area contributed by atoms with Gasteiger partial charge in [0.1, 0.15) is 0 Å². The van der Waals surface area contributed by atoms with Crippen LogP contribution in [-0.4, -0.2) is 21.7 Å². The van der Waals surface area contributed by atoms with Gasteiger partial charge in [0.2, 0.25) is 0 Å². The second-order valence-electron chi connectivity index (χ2n) is 3.96. The predicted molar refractivity (Wildman–Crippen MR) is 63.9 cm³/mol. The van der Waals surface area contributed by atoms with Gasteiger partial charge in [-0.25, -0.2) is 10.2 Å². The quantitative estimate of drug-likeness (QED) is 0.288. The minimum atomic E-state index is -1.66. The van der Waals surface area contributed by atoms with E-state index in [0.717, 1.165) is 16.5 Å². The van der Waals surface area contributed by atoms with Gasteiger partial charge in [0, 0.05) is 23.5 Å². The fourth-order valence-electron chi connectivity index (χ4n) is 1.77. The molecule has 90 valence electrons. The zero-order valence-corrected chi connectivity index (χ0v) is 9.10. The van der Waals surface area contributed by atoms with E-state index in [1.165, 1.54) is 0 Å². The molecule has 0 bridgehead atoms. The molecule has 2 aromatic rings. The number of carboxylic acids is 1. The number of nitrogens with one attached hydrogen (secondary N) is 2. The molecule has 0 saturated carbocycles. The summed E-state index contributed by atoms with van der Waals surface area (Å²) in [5.74, 6) is 4.01. The molecule has 0 spiro atoms. The van der Waals surface area contributed by atoms with Gasteiger partial charge in [-0.3, -0.25) is 5.84 Å². The van der Waals surface area contributed by atoms with Crippen LogP contribution in [0.3, 0.4) is 0 Å². The van der Waals surface area contributed by atoms with Crippen molar-refractivity contribution in [3.8, 4) is 0 Å². The molecule has 1 aromatic carbocycles. The van der Waals surface area contributed by atoms with Crippen molar-refractivity contribution in [3.05, 3.63) is 36.0 Å². The first kappa shape index (κ1) is 11.6. The van der Waals surface area contributed by atoms with Crippen LogP contribution in [0.1, 0.15) is 5.56 Å². The van der Waals surface area contributed by atoms with Crippen molar-refractivity contribution in [1.29, 1.82) is 0 Å². The lowest BCUT2D eigenvalue weighted by Gasteiger charge is -2.23. The fraction of sp³-hybridized carbons (Fsp3) is 0.182. The van der Waals surface area contributed by atoms with E-state index in [9.17, 15) is 4.79 Å². The van der Waals surface area contributed by atoms with E-state index in [1.54, 1.807) is 6.20 Å². The highest BCUT2D eigenvalue weighted by Crippen LogP contribution is 2.20. The van der Waals surface area contributed by atoms with Crippen molar-refractivity contribution >= 4 is 16.9 Å². The molecule has 6 heteroatoms. The van der Waals surface area contributed by atoms with Crippen LogP contribution in [0.5, 0.6) is 0 Å². The molecule has 0 radical (unpaired) electrons. The van der Waals surface area contributed by atoms with E-state index in [4.69, 9.17) is 16.7 Å². The number of aromatic amines is 1. The summed E-state index contributed by atoms with van der Waals surface area (Å²) in [5.41, 5.74) is 7.90. The number of carboxylic acid groups (broad SMARTS) is 1. The van der Waals surface area contributed by atoms with Gasteiger partial charge in [0.05, 0.1) is 0 Å². The third-order valence-corrected chi connectivity index (χ3v) is 2.78. The summed E-state index contributed by atoms with van der Waals surface area (Å²) in [6, 6.07) is 7.60. The number of hydrazine groups is 1. The van der Waals surface area contributed by atoms with Crippen molar-refractivity contribution in [2.45, 2.75) is 12.1 Å². The van der Waals surface area contributed by atoms with Crippen LogP contribution in [0.2, 0.25) is 0 Å². The van der Waals surface area contributed by atoms with E-state index >= 15 is 0 Å². The molecular formula is C11H14N4O2. The molecule has 0 unspecified atom stereocenters. The standard InChI is InChI=1S/C11H14N4O2/c12-11(15-13,10(16)17)5-7-6-14-9-4-2-1-3-8(7)9/h1-4,6,14-15H,5,12-13H2,(H,16,17)/t11-/m1/s1. The third kappa shape index (κ3) is 2.01. The molecule has 1 heterocycles. The molecule has 17 heavy (non-hydrogen) atoms. The molecule has 2 rings (SSSR count). The molecular weight excluding hydrogens is 220 g/mol. The molecule has 0 aliphatic heterocycles. The average Bonchev–Trinajstić information content (AvgIpc) is 2.72. The fourth-order valence-corrected chi connectivity index (χ4v) is 1.77. The van der Waals surface area contributed by atoms with Crippen LogP contribution < -0.4 is 17.0 Å². The number of benzene rings is 1. The zero-order valence-electron chi connectivity index (χ0n) is 9.10. The Bertz CT molecular complexity index is 551. The second kappa shape index (κ2) is 4.17. The summed E-state index contributed by atoms with van der Waals surface area (Å²) < 4.78 is 0. The maximum absolute atomic E-state index is 11.0. The first-order chi connectivity index (χ1) is 8.07. The van der Waals surface area contributed by atoms with Gasteiger partial charge in [-0.15, -0.1) is 0 Å². The number of hydrogen-bond acceptors (Lipinski definition) is 4. The largest absolute Gasteiger partial charge is 0.479 e. The molecule has 0 fully saturated rings. The Labute approximate surface area is 97.6 Å². The molecule has 7 N–H and O–H groups in total. The lowest BCUT2D eigenvalue weighted by molar-refractivity contribution is -0.144. The maximum Gasteiger partial charge on any atom is 0.340 e. The number of fused-ring (bicyclic) bond motifs is 1. The number of para-hydroxylation sites is 1. The Morgan fingerprint density at radius 1 is 1.47 bits per heavy atom. The Hall–Kier alpha value is -1.89. The van der Waals surface area contributed by atoms with Crippen LogP contribution in [0.25, 0.3) is 10.9 Å². The third-order valence-electron chi connectivity index (χ3n) is 2.78. The van der Waals surface area contributed by atoms with Gasteiger partial charge in [-0.1, -0.05) is 18.2 Å². The van der Waals surface area contributed by atoms with Crippen molar-refractivity contribution in [2.24, 2.45) is 11.6 Å². The SMILES string of the molecule is NN[C@](N)(Cc1c[nH]c2ccccc12)C(=O)O. The van der Waals surface area contributed by atoms with Gasteiger partial charge in [-0.05, 0) is 11.6 Å². The first-order valence-electron chi connectivity index (χ1n) is 5.12. The number of H-pyrrole nitrogens is 1. The van der Waals surface area contributed by atoms with E-state index in [0.29, 0.717) is 0 Å². The lowest BCUT2D eigenvalue weighted by Crippen LogP contribution is -2.63. The first-order valence-corrected chi connectivity index (χ1v) is 5.12. The van der Waals surface area contributed by atoms with Crippen LogP contribution >= 0.6 is 0 Å². The Morgan fingerprint density at radius 3 is 2.82 bits per heavy atom. The van der Waals surface area contributed by atoms with E-state index in [-0.39, 0.29) is 6.42 Å². The molecule has 6 nitrogen and oxygen atoms in total. The number of hydrogen-bond donors (Lipinski definition) is 5. The van der Waals surface area contributed by atoms with Gasteiger partial charge in [-0.2, -0.15) is 0 Å². The number of nitrogens with two attached hydrogens (primary N) is 2. The van der Waals surface area contributed by atoms with Gasteiger partial charge >= 0.3 is 5.97 Å². The molecule has 0 aliphatic rings. The Kier molecular flexibility index (Phi) is 2.84.